The van der Waals surface area contributed by atoms with Gasteiger partial charge < -0.3 is 26.4 Å². The predicted molar refractivity (Wildman–Crippen MR) is 142 cm³/mol. The molecule has 0 bridgehead atoms. The number of aryl methyl sites for hydroxylation is 1. The molecule has 0 spiro atoms. The summed E-state index contributed by atoms with van der Waals surface area (Å²) in [6, 6.07) is 7.92. The fourth-order valence-corrected chi connectivity index (χ4v) is 3.01. The largest absolute Gasteiger partial charge is 0.390 e. The zero-order valence-corrected chi connectivity index (χ0v) is 22.0. The normalized spacial score (nSPS) is 12.0. The number of primary amides is 1. The van der Waals surface area contributed by atoms with Gasteiger partial charge in [-0.25, -0.2) is 9.59 Å². The molecule has 1 aromatic carbocycles. The maximum Gasteiger partial charge on any atom is 0.329 e. The smallest absolute Gasteiger partial charge is 0.329 e. The van der Waals surface area contributed by atoms with Crippen molar-refractivity contribution in [3.8, 4) is 0 Å². The maximum absolute atomic E-state index is 11.9. The number of hydrogen-bond donors (Lipinski definition) is 4. The Balaban J connectivity index is 0.000000526. The summed E-state index contributed by atoms with van der Waals surface area (Å²) in [6.07, 6.45) is 3.73. The quantitative estimate of drug-likeness (QED) is 0.216. The third kappa shape index (κ3) is 11.7. The average molecular weight is 493 g/mol. The molecule has 198 valence electrons. The molecular weight excluding hydrogens is 448 g/mol. The number of imidazole rings is 1. The predicted octanol–water partition coefficient (Wildman–Crippen LogP) is 1.98. The summed E-state index contributed by atoms with van der Waals surface area (Å²) in [5.74, 6) is 0. The Hall–Kier alpha value is -3.11. The van der Waals surface area contributed by atoms with Gasteiger partial charge in [-0.1, -0.05) is 25.1 Å². The van der Waals surface area contributed by atoms with E-state index in [0.29, 0.717) is 25.5 Å². The summed E-state index contributed by atoms with van der Waals surface area (Å²) in [6.45, 7) is 13.1. The average Bonchev–Trinajstić information content (AvgIpc) is 3.08. The Morgan fingerprint density at radius 3 is 2.34 bits per heavy atom. The lowest BCUT2D eigenvalue weighted by atomic mass is 10.2. The zero-order valence-electron chi connectivity index (χ0n) is 22.0. The Morgan fingerprint density at radius 1 is 1.26 bits per heavy atom. The standard InChI is InChI=1S/C11H14N2O.C9H21N3O2.C5H9NO/c1-8(2)13-10-7-5-4-6-9(10)12(3)11(13)14;1-4-7(2)11-5-8(13)6-12(3)9(10)14;1-2-3-4-6-5-7/h4-8H,1-3H3;7-8,11,13H,4-6H2,1-3H3,(H2,10,14);2,5H,1,3-4H2,(H,6,7). The molecule has 1 aromatic heterocycles. The first kappa shape index (κ1) is 31.9. The molecule has 35 heavy (non-hydrogen) atoms. The van der Waals surface area contributed by atoms with Crippen molar-refractivity contribution in [3.63, 3.8) is 0 Å². The maximum atomic E-state index is 11.9. The van der Waals surface area contributed by atoms with E-state index in [1.54, 1.807) is 17.7 Å². The van der Waals surface area contributed by atoms with E-state index in [-0.39, 0.29) is 18.3 Å². The first-order valence-corrected chi connectivity index (χ1v) is 11.9. The molecule has 0 fully saturated rings. The number of urea groups is 1. The molecule has 10 nitrogen and oxygen atoms in total. The summed E-state index contributed by atoms with van der Waals surface area (Å²) in [7, 11) is 3.37. The third-order valence-corrected chi connectivity index (χ3v) is 5.26. The van der Waals surface area contributed by atoms with Crippen molar-refractivity contribution in [3.05, 3.63) is 47.4 Å². The van der Waals surface area contributed by atoms with Gasteiger partial charge in [0.1, 0.15) is 0 Å². The van der Waals surface area contributed by atoms with Crippen molar-refractivity contribution in [2.75, 3.05) is 26.7 Å². The van der Waals surface area contributed by atoms with Crippen molar-refractivity contribution < 1.29 is 14.7 Å². The monoisotopic (exact) mass is 492 g/mol. The Kier molecular flexibility index (Phi) is 15.8. The molecule has 2 rings (SSSR count). The summed E-state index contributed by atoms with van der Waals surface area (Å²) < 4.78 is 3.50. The van der Waals surface area contributed by atoms with Crippen LogP contribution in [0, 0.1) is 0 Å². The highest BCUT2D eigenvalue weighted by Gasteiger charge is 2.12. The molecule has 10 heteroatoms. The van der Waals surface area contributed by atoms with Gasteiger partial charge >= 0.3 is 11.7 Å². The number of aliphatic hydroxyl groups is 1. The molecule has 5 N–H and O–H groups in total. The zero-order chi connectivity index (χ0) is 27.0. The van der Waals surface area contributed by atoms with Crippen LogP contribution in [0.15, 0.2) is 41.7 Å². The van der Waals surface area contributed by atoms with Crippen molar-refractivity contribution in [1.29, 1.82) is 0 Å². The van der Waals surface area contributed by atoms with E-state index in [9.17, 15) is 19.5 Å². The Labute approximate surface area is 208 Å². The van der Waals surface area contributed by atoms with Crippen LogP contribution < -0.4 is 22.1 Å². The number of aromatic nitrogens is 2. The fraction of sp³-hybridized carbons (Fsp3) is 0.560. The van der Waals surface area contributed by atoms with E-state index in [2.05, 4.69) is 24.1 Å². The van der Waals surface area contributed by atoms with Gasteiger partial charge in [-0.2, -0.15) is 0 Å². The van der Waals surface area contributed by atoms with Gasteiger partial charge in [0.2, 0.25) is 6.41 Å². The van der Waals surface area contributed by atoms with Gasteiger partial charge in [0.15, 0.2) is 0 Å². The number of carbonyl (C=O) groups is 2. The number of likely N-dealkylation sites (N-methyl/N-ethyl adjacent to an activating group) is 1. The molecule has 3 amide bonds. The van der Waals surface area contributed by atoms with Crippen molar-refractivity contribution in [2.24, 2.45) is 12.8 Å². The van der Waals surface area contributed by atoms with E-state index >= 15 is 0 Å². The van der Waals surface area contributed by atoms with Crippen molar-refractivity contribution >= 4 is 23.5 Å². The number of benzene rings is 1. The molecule has 0 aliphatic rings. The molecule has 0 aliphatic carbocycles. The van der Waals surface area contributed by atoms with Gasteiger partial charge in [-0.05, 0) is 45.7 Å². The number of rotatable bonds is 11. The highest BCUT2D eigenvalue weighted by atomic mass is 16.3. The lowest BCUT2D eigenvalue weighted by molar-refractivity contribution is -0.109. The number of nitrogens with zero attached hydrogens (tertiary/aromatic N) is 3. The molecule has 0 saturated heterocycles. The van der Waals surface area contributed by atoms with Gasteiger partial charge in [0, 0.05) is 45.8 Å². The first-order chi connectivity index (χ1) is 16.5. The summed E-state index contributed by atoms with van der Waals surface area (Å²) in [5, 5.41) is 15.1. The second kappa shape index (κ2) is 17.3. The Morgan fingerprint density at radius 2 is 1.86 bits per heavy atom. The van der Waals surface area contributed by atoms with Crippen LogP contribution in [0.4, 0.5) is 4.79 Å². The van der Waals surface area contributed by atoms with Crippen LogP contribution in [0.25, 0.3) is 11.0 Å². The van der Waals surface area contributed by atoms with Crippen LogP contribution in [0.1, 0.15) is 46.6 Å². The first-order valence-electron chi connectivity index (χ1n) is 11.9. The highest BCUT2D eigenvalue weighted by Crippen LogP contribution is 2.15. The molecule has 1 heterocycles. The number of fused-ring (bicyclic) bond motifs is 1. The van der Waals surface area contributed by atoms with E-state index in [0.717, 1.165) is 23.9 Å². The number of carbonyl (C=O) groups excluding carboxylic acids is 2. The minimum Gasteiger partial charge on any atom is -0.390 e. The Bertz CT molecular complexity index is 945. The molecule has 2 unspecified atom stereocenters. The molecule has 0 aliphatic heterocycles. The minimum atomic E-state index is -0.568. The number of nitrogens with one attached hydrogen (secondary N) is 2. The van der Waals surface area contributed by atoms with Gasteiger partial charge in [0.05, 0.1) is 17.1 Å². The minimum absolute atomic E-state index is 0.0567. The second-order valence-corrected chi connectivity index (χ2v) is 8.53. The van der Waals surface area contributed by atoms with E-state index in [4.69, 9.17) is 5.73 Å². The van der Waals surface area contributed by atoms with Crippen LogP contribution in [-0.4, -0.2) is 70.4 Å². The van der Waals surface area contributed by atoms with Crippen LogP contribution in [0.5, 0.6) is 0 Å². The van der Waals surface area contributed by atoms with E-state index in [1.807, 2.05) is 56.7 Å². The lowest BCUT2D eigenvalue weighted by Crippen LogP contribution is -2.43. The van der Waals surface area contributed by atoms with Crippen LogP contribution >= 0.6 is 0 Å². The molecule has 2 atom stereocenters. The number of para-hydroxylation sites is 2. The summed E-state index contributed by atoms with van der Waals surface area (Å²) >= 11 is 0. The number of hydrogen-bond acceptors (Lipinski definition) is 5. The van der Waals surface area contributed by atoms with Crippen molar-refractivity contribution in [1.82, 2.24) is 24.7 Å². The number of aliphatic hydroxyl groups excluding tert-OH is 1. The van der Waals surface area contributed by atoms with Crippen LogP contribution in [-0.2, 0) is 11.8 Å². The molecule has 2 aromatic rings. The van der Waals surface area contributed by atoms with Gasteiger partial charge in [-0.3, -0.25) is 13.9 Å². The highest BCUT2D eigenvalue weighted by molar-refractivity contribution is 5.76. The SMILES string of the molecule is C=CCCNC=O.CC(C)n1c(=O)n(C)c2ccccc21.CCC(C)NCC(O)CN(C)C(N)=O. The fourth-order valence-electron chi connectivity index (χ4n) is 3.01. The van der Waals surface area contributed by atoms with Gasteiger partial charge in [0.25, 0.3) is 0 Å². The van der Waals surface area contributed by atoms with Crippen molar-refractivity contribution in [2.45, 2.75) is 58.7 Å². The summed E-state index contributed by atoms with van der Waals surface area (Å²) in [4.78, 5) is 33.3. The second-order valence-electron chi connectivity index (χ2n) is 8.53. The molecule has 0 radical (unpaired) electrons. The third-order valence-electron chi connectivity index (χ3n) is 5.26. The molecule has 0 saturated carbocycles. The number of amides is 3. The lowest BCUT2D eigenvalue weighted by Gasteiger charge is -2.20. The van der Waals surface area contributed by atoms with Crippen LogP contribution in [0.2, 0.25) is 0 Å². The summed E-state index contributed by atoms with van der Waals surface area (Å²) in [5.41, 5.74) is 7.08. The van der Waals surface area contributed by atoms with Crippen LogP contribution in [0.3, 0.4) is 0 Å². The van der Waals surface area contributed by atoms with E-state index < -0.39 is 12.1 Å². The van der Waals surface area contributed by atoms with E-state index in [1.165, 1.54) is 4.90 Å². The topological polar surface area (TPSA) is 135 Å². The number of nitrogens with two attached hydrogens (primary N) is 1. The molecular formula is C25H44N6O4. The van der Waals surface area contributed by atoms with Gasteiger partial charge in [-0.15, -0.1) is 6.58 Å².